The molecule has 0 aliphatic carbocycles. The van der Waals surface area contributed by atoms with Crippen molar-refractivity contribution < 1.29 is 9.47 Å². The quantitative estimate of drug-likeness (QED) is 0.727. The van der Waals surface area contributed by atoms with Gasteiger partial charge in [-0.2, -0.15) is 0 Å². The zero-order valence-electron chi connectivity index (χ0n) is 10.5. The number of ether oxygens (including phenoxy) is 2. The third-order valence-electron chi connectivity index (χ3n) is 2.33. The first kappa shape index (κ1) is 14.3. The molecular weight excluding hydrogens is 238 g/mol. The zero-order chi connectivity index (χ0) is 12.5. The standard InChI is InChI=1S/C13H20ClNO2/c1-11-10-12(4-5-13(11)14)17-8-3-7-16-9-6-15-2/h4-5,10,15H,3,6-9H2,1-2H3. The number of rotatable bonds is 8. The summed E-state index contributed by atoms with van der Waals surface area (Å²) in [5, 5.41) is 3.80. The van der Waals surface area contributed by atoms with Crippen molar-refractivity contribution in [3.8, 4) is 5.75 Å². The average molecular weight is 258 g/mol. The van der Waals surface area contributed by atoms with Gasteiger partial charge in [0.2, 0.25) is 0 Å². The van der Waals surface area contributed by atoms with Gasteiger partial charge >= 0.3 is 0 Å². The average Bonchev–Trinajstić information content (AvgIpc) is 2.32. The van der Waals surface area contributed by atoms with Crippen LogP contribution < -0.4 is 10.1 Å². The number of hydrogen-bond donors (Lipinski definition) is 1. The van der Waals surface area contributed by atoms with Gasteiger partial charge in [-0.15, -0.1) is 0 Å². The molecule has 0 radical (unpaired) electrons. The first-order valence-electron chi connectivity index (χ1n) is 5.85. The molecule has 4 heteroatoms. The molecule has 0 aliphatic heterocycles. The molecule has 0 heterocycles. The summed E-state index contributed by atoms with van der Waals surface area (Å²) in [6.07, 6.45) is 0.894. The van der Waals surface area contributed by atoms with Crippen molar-refractivity contribution in [1.29, 1.82) is 0 Å². The summed E-state index contributed by atoms with van der Waals surface area (Å²) < 4.78 is 11.0. The van der Waals surface area contributed by atoms with E-state index in [1.165, 1.54) is 0 Å². The predicted octanol–water partition coefficient (Wildman–Crippen LogP) is 2.65. The Bertz CT molecular complexity index is 331. The van der Waals surface area contributed by atoms with E-state index in [9.17, 15) is 0 Å². The van der Waals surface area contributed by atoms with Crippen molar-refractivity contribution in [2.45, 2.75) is 13.3 Å². The molecule has 0 amide bonds. The largest absolute Gasteiger partial charge is 0.493 e. The van der Waals surface area contributed by atoms with Crippen molar-refractivity contribution >= 4 is 11.6 Å². The molecular formula is C13H20ClNO2. The molecule has 0 aromatic heterocycles. The van der Waals surface area contributed by atoms with Gasteiger partial charge in [-0.05, 0) is 37.7 Å². The van der Waals surface area contributed by atoms with E-state index >= 15 is 0 Å². The van der Waals surface area contributed by atoms with Crippen LogP contribution in [-0.4, -0.2) is 33.4 Å². The van der Waals surface area contributed by atoms with Crippen molar-refractivity contribution in [3.63, 3.8) is 0 Å². The molecule has 0 saturated carbocycles. The summed E-state index contributed by atoms with van der Waals surface area (Å²) in [4.78, 5) is 0. The van der Waals surface area contributed by atoms with E-state index in [4.69, 9.17) is 21.1 Å². The van der Waals surface area contributed by atoms with E-state index in [-0.39, 0.29) is 0 Å². The molecule has 0 spiro atoms. The molecule has 0 fully saturated rings. The Labute approximate surface area is 108 Å². The van der Waals surface area contributed by atoms with E-state index in [0.717, 1.165) is 42.5 Å². The van der Waals surface area contributed by atoms with E-state index in [1.807, 2.05) is 32.2 Å². The molecule has 0 bridgehead atoms. The highest BCUT2D eigenvalue weighted by Crippen LogP contribution is 2.20. The maximum absolute atomic E-state index is 5.93. The summed E-state index contributed by atoms with van der Waals surface area (Å²) in [6.45, 7) is 5.00. The number of benzene rings is 1. The molecule has 1 rings (SSSR count). The minimum atomic E-state index is 0.667. The SMILES string of the molecule is CNCCOCCCOc1ccc(Cl)c(C)c1. The molecule has 96 valence electrons. The fraction of sp³-hybridized carbons (Fsp3) is 0.538. The van der Waals surface area contributed by atoms with Gasteiger partial charge in [0.25, 0.3) is 0 Å². The lowest BCUT2D eigenvalue weighted by atomic mass is 10.2. The normalized spacial score (nSPS) is 10.5. The number of hydrogen-bond acceptors (Lipinski definition) is 3. The monoisotopic (exact) mass is 257 g/mol. The van der Waals surface area contributed by atoms with Crippen LogP contribution in [-0.2, 0) is 4.74 Å². The molecule has 1 aromatic carbocycles. The van der Waals surface area contributed by atoms with Crippen molar-refractivity contribution in [3.05, 3.63) is 28.8 Å². The molecule has 1 N–H and O–H groups in total. The Hall–Kier alpha value is -0.770. The Morgan fingerprint density at radius 1 is 1.24 bits per heavy atom. The maximum Gasteiger partial charge on any atom is 0.119 e. The number of nitrogens with one attached hydrogen (secondary N) is 1. The van der Waals surface area contributed by atoms with Gasteiger partial charge in [0.15, 0.2) is 0 Å². The molecule has 0 unspecified atom stereocenters. The second-order valence-corrected chi connectivity index (χ2v) is 4.24. The fourth-order valence-electron chi connectivity index (χ4n) is 1.33. The Kier molecular flexibility index (Phi) is 7.01. The van der Waals surface area contributed by atoms with E-state index in [0.29, 0.717) is 6.61 Å². The Balaban J connectivity index is 2.11. The molecule has 0 saturated heterocycles. The lowest BCUT2D eigenvalue weighted by molar-refractivity contribution is 0.122. The molecule has 1 aromatic rings. The van der Waals surface area contributed by atoms with Gasteiger partial charge in [0.05, 0.1) is 13.2 Å². The van der Waals surface area contributed by atoms with E-state index in [2.05, 4.69) is 5.32 Å². The molecule has 0 atom stereocenters. The lowest BCUT2D eigenvalue weighted by Gasteiger charge is -2.08. The van der Waals surface area contributed by atoms with Crippen LogP contribution in [0.2, 0.25) is 5.02 Å². The maximum atomic E-state index is 5.93. The predicted molar refractivity (Wildman–Crippen MR) is 71.0 cm³/mol. The second kappa shape index (κ2) is 8.34. The molecule has 3 nitrogen and oxygen atoms in total. The van der Waals surface area contributed by atoms with Crippen LogP contribution >= 0.6 is 11.6 Å². The first-order chi connectivity index (χ1) is 8.24. The van der Waals surface area contributed by atoms with Gasteiger partial charge in [-0.3, -0.25) is 0 Å². The van der Waals surface area contributed by atoms with Gasteiger partial charge in [0, 0.05) is 24.6 Å². The van der Waals surface area contributed by atoms with Crippen LogP contribution in [0.15, 0.2) is 18.2 Å². The fourth-order valence-corrected chi connectivity index (χ4v) is 1.45. The van der Waals surface area contributed by atoms with Gasteiger partial charge in [-0.25, -0.2) is 0 Å². The highest BCUT2D eigenvalue weighted by molar-refractivity contribution is 6.31. The number of likely N-dealkylation sites (N-methyl/N-ethyl adjacent to an activating group) is 1. The third-order valence-corrected chi connectivity index (χ3v) is 2.75. The van der Waals surface area contributed by atoms with Crippen LogP contribution in [0, 0.1) is 6.92 Å². The first-order valence-corrected chi connectivity index (χ1v) is 6.23. The van der Waals surface area contributed by atoms with Crippen LogP contribution in [0.25, 0.3) is 0 Å². The van der Waals surface area contributed by atoms with Gasteiger partial charge < -0.3 is 14.8 Å². The minimum Gasteiger partial charge on any atom is -0.493 e. The molecule has 17 heavy (non-hydrogen) atoms. The van der Waals surface area contributed by atoms with E-state index < -0.39 is 0 Å². The highest BCUT2D eigenvalue weighted by Gasteiger charge is 1.98. The molecule has 0 aliphatic rings. The second-order valence-electron chi connectivity index (χ2n) is 3.83. The van der Waals surface area contributed by atoms with Crippen molar-refractivity contribution in [2.24, 2.45) is 0 Å². The summed E-state index contributed by atoms with van der Waals surface area (Å²) in [5.41, 5.74) is 1.04. The minimum absolute atomic E-state index is 0.667. The summed E-state index contributed by atoms with van der Waals surface area (Å²) in [6, 6.07) is 5.69. The zero-order valence-corrected chi connectivity index (χ0v) is 11.2. The summed E-state index contributed by atoms with van der Waals surface area (Å²) in [7, 11) is 1.91. The van der Waals surface area contributed by atoms with Gasteiger partial charge in [-0.1, -0.05) is 11.6 Å². The van der Waals surface area contributed by atoms with Crippen LogP contribution in [0.1, 0.15) is 12.0 Å². The van der Waals surface area contributed by atoms with Crippen molar-refractivity contribution in [2.75, 3.05) is 33.4 Å². The van der Waals surface area contributed by atoms with E-state index in [1.54, 1.807) is 0 Å². The number of aryl methyl sites for hydroxylation is 1. The third kappa shape index (κ3) is 5.91. The smallest absolute Gasteiger partial charge is 0.119 e. The summed E-state index contributed by atoms with van der Waals surface area (Å²) >= 11 is 5.93. The topological polar surface area (TPSA) is 30.5 Å². The Morgan fingerprint density at radius 3 is 2.76 bits per heavy atom. The lowest BCUT2D eigenvalue weighted by Crippen LogP contribution is -2.15. The van der Waals surface area contributed by atoms with Crippen LogP contribution in [0.4, 0.5) is 0 Å². The van der Waals surface area contributed by atoms with Gasteiger partial charge in [0.1, 0.15) is 5.75 Å². The highest BCUT2D eigenvalue weighted by atomic mass is 35.5. The Morgan fingerprint density at radius 2 is 2.06 bits per heavy atom. The number of halogens is 1. The van der Waals surface area contributed by atoms with Crippen LogP contribution in [0.5, 0.6) is 5.75 Å². The summed E-state index contributed by atoms with van der Waals surface area (Å²) in [5.74, 6) is 0.863. The van der Waals surface area contributed by atoms with Crippen molar-refractivity contribution in [1.82, 2.24) is 5.32 Å². The van der Waals surface area contributed by atoms with Crippen LogP contribution in [0.3, 0.4) is 0 Å².